The van der Waals surface area contributed by atoms with Crippen molar-refractivity contribution in [2.45, 2.75) is 25.7 Å². The molecule has 0 N–H and O–H groups in total. The van der Waals surface area contributed by atoms with E-state index in [2.05, 4.69) is 6.92 Å². The highest BCUT2D eigenvalue weighted by atomic mass is 17.3. The molecule has 0 aromatic heterocycles. The average Bonchev–Trinajstić information content (AvgIpc) is 2.88. The second-order valence-corrected chi connectivity index (χ2v) is 6.67. The minimum Gasteiger partial charge on any atom is -0.493 e. The summed E-state index contributed by atoms with van der Waals surface area (Å²) >= 11 is 0. The molecular weight excluding hydrogens is 448 g/mol. The number of benzene rings is 2. The minimum atomic E-state index is -0.866. The fourth-order valence-electron chi connectivity index (χ4n) is 2.90. The van der Waals surface area contributed by atoms with E-state index >= 15 is 0 Å². The summed E-state index contributed by atoms with van der Waals surface area (Å²) in [5.41, 5.74) is 0.133. The number of methoxy groups -OCH3 is 4. The zero-order valence-electron chi connectivity index (χ0n) is 19.6. The molecule has 0 spiro atoms. The van der Waals surface area contributed by atoms with Crippen LogP contribution >= 0.6 is 0 Å². The molecule has 0 heterocycles. The fraction of sp³-hybridized carbons (Fsp3) is 0.333. The van der Waals surface area contributed by atoms with Gasteiger partial charge in [0.15, 0.2) is 23.0 Å². The maximum atomic E-state index is 12.5. The Morgan fingerprint density at radius 1 is 0.676 bits per heavy atom. The van der Waals surface area contributed by atoms with Crippen molar-refractivity contribution in [2.75, 3.05) is 28.4 Å². The van der Waals surface area contributed by atoms with E-state index in [9.17, 15) is 9.59 Å². The van der Waals surface area contributed by atoms with Gasteiger partial charge in [-0.15, -0.1) is 9.78 Å². The maximum absolute atomic E-state index is 12.5. The topological polar surface area (TPSA) is 108 Å². The highest BCUT2D eigenvalue weighted by Crippen LogP contribution is 2.33. The summed E-state index contributed by atoms with van der Waals surface area (Å²) in [6.07, 6.45) is 1.94. The third-order valence-electron chi connectivity index (χ3n) is 4.55. The first-order valence-corrected chi connectivity index (χ1v) is 10.3. The summed E-state index contributed by atoms with van der Waals surface area (Å²) in [6.45, 7) is 3.77. The van der Waals surface area contributed by atoms with Crippen molar-refractivity contribution < 1.29 is 48.1 Å². The quantitative estimate of drug-likeness (QED) is 0.220. The monoisotopic (exact) mass is 476 g/mol. The first kappa shape index (κ1) is 26.7. The smallest absolute Gasteiger partial charge is 0.377 e. The third kappa shape index (κ3) is 7.00. The molecule has 0 aliphatic carbocycles. The van der Waals surface area contributed by atoms with Crippen molar-refractivity contribution in [1.82, 2.24) is 0 Å². The summed E-state index contributed by atoms with van der Waals surface area (Å²) in [5, 5.41) is 0. The molecule has 2 rings (SSSR count). The number of unbranched alkanes of at least 4 members (excludes halogenated alkanes) is 2. The largest absolute Gasteiger partial charge is 0.493 e. The molecule has 0 aliphatic heterocycles. The number of hydrogen-bond donors (Lipinski definition) is 0. The Balaban J connectivity index is 2.07. The van der Waals surface area contributed by atoms with E-state index in [0.29, 0.717) is 24.3 Å². The second-order valence-electron chi connectivity index (χ2n) is 6.67. The number of carbonyl (C=O) groups excluding carboxylic acids is 2. The Labute approximate surface area is 198 Å². The number of rotatable bonds is 14. The highest BCUT2D eigenvalue weighted by molar-refractivity contribution is 5.93. The van der Waals surface area contributed by atoms with Crippen molar-refractivity contribution in [1.29, 1.82) is 0 Å². The fourth-order valence-corrected chi connectivity index (χ4v) is 2.90. The van der Waals surface area contributed by atoms with E-state index < -0.39 is 11.9 Å². The van der Waals surface area contributed by atoms with Crippen LogP contribution in [0.3, 0.4) is 0 Å². The van der Waals surface area contributed by atoms with Gasteiger partial charge < -0.3 is 18.9 Å². The number of para-hydroxylation sites is 2. The molecule has 2 aromatic rings. The lowest BCUT2D eigenvalue weighted by molar-refractivity contribution is -0.364. The van der Waals surface area contributed by atoms with Gasteiger partial charge in [-0.1, -0.05) is 31.9 Å². The molecule has 0 unspecified atom stereocenters. The van der Waals surface area contributed by atoms with Crippen LogP contribution in [0.15, 0.2) is 36.4 Å². The summed E-state index contributed by atoms with van der Waals surface area (Å²) in [6, 6.07) is 9.40. The number of hydrogen-bond acceptors (Lipinski definition) is 10. The minimum absolute atomic E-state index is 0.0667. The van der Waals surface area contributed by atoms with Crippen LogP contribution in [0.5, 0.6) is 23.0 Å². The Bertz CT molecular complexity index is 872. The predicted molar refractivity (Wildman–Crippen MR) is 119 cm³/mol. The number of carbonyl (C=O) groups is 2. The van der Waals surface area contributed by atoms with Crippen LogP contribution in [0.2, 0.25) is 0 Å². The van der Waals surface area contributed by atoms with Gasteiger partial charge in [0.2, 0.25) is 0 Å². The molecule has 0 bridgehead atoms. The molecule has 2 aromatic carbocycles. The van der Waals surface area contributed by atoms with Gasteiger partial charge in [0.25, 0.3) is 0 Å². The molecule has 0 aliphatic rings. The zero-order valence-corrected chi connectivity index (χ0v) is 19.6. The van der Waals surface area contributed by atoms with Crippen LogP contribution < -0.4 is 18.9 Å². The van der Waals surface area contributed by atoms with E-state index in [1.54, 1.807) is 24.3 Å². The van der Waals surface area contributed by atoms with Gasteiger partial charge in [-0.05, 0) is 30.7 Å². The van der Waals surface area contributed by atoms with Crippen LogP contribution in [0.25, 0.3) is 0 Å². The van der Waals surface area contributed by atoms with Crippen molar-refractivity contribution in [3.63, 3.8) is 0 Å². The molecular formula is C24H28O10. The van der Waals surface area contributed by atoms with Crippen LogP contribution in [0, 0.1) is 13.2 Å². The molecule has 34 heavy (non-hydrogen) atoms. The molecule has 10 heteroatoms. The average molecular weight is 476 g/mol. The SMILES string of the molecule is [CH2]CCCC[C](OOC(=O)c1cccc(OC)c1OC)OOC(=O)c1cccc(OC)c1OC. The normalized spacial score (nSPS) is 10.5. The van der Waals surface area contributed by atoms with Gasteiger partial charge in [-0.3, -0.25) is 9.78 Å². The molecule has 2 radical (unpaired) electrons. The first-order chi connectivity index (χ1) is 16.5. The summed E-state index contributed by atoms with van der Waals surface area (Å²) in [4.78, 5) is 45.0. The van der Waals surface area contributed by atoms with Gasteiger partial charge in [-0.2, -0.15) is 0 Å². The molecule has 0 amide bonds. The Kier molecular flexibility index (Phi) is 10.9. The predicted octanol–water partition coefficient (Wildman–Crippen LogP) is 4.48. The van der Waals surface area contributed by atoms with Crippen LogP contribution in [-0.2, 0) is 19.6 Å². The summed E-state index contributed by atoms with van der Waals surface area (Å²) < 4.78 is 20.8. The van der Waals surface area contributed by atoms with E-state index in [1.165, 1.54) is 40.6 Å². The van der Waals surface area contributed by atoms with Gasteiger partial charge in [-0.25, -0.2) is 9.59 Å². The summed E-state index contributed by atoms with van der Waals surface area (Å²) in [5.74, 6) is -0.697. The lowest BCUT2D eigenvalue weighted by Crippen LogP contribution is -2.17. The van der Waals surface area contributed by atoms with Crippen LogP contribution in [-0.4, -0.2) is 40.4 Å². The van der Waals surface area contributed by atoms with Crippen LogP contribution in [0.1, 0.15) is 46.4 Å². The number of ether oxygens (including phenoxy) is 4. The van der Waals surface area contributed by atoms with E-state index in [0.717, 1.165) is 6.42 Å². The Morgan fingerprint density at radius 3 is 1.53 bits per heavy atom. The molecule has 10 nitrogen and oxygen atoms in total. The molecule has 0 atom stereocenters. The van der Waals surface area contributed by atoms with Gasteiger partial charge in [0, 0.05) is 6.42 Å². The summed E-state index contributed by atoms with van der Waals surface area (Å²) in [7, 11) is 5.66. The van der Waals surface area contributed by atoms with E-state index in [1.807, 2.05) is 0 Å². The van der Waals surface area contributed by atoms with E-state index in [-0.39, 0.29) is 35.3 Å². The second kappa shape index (κ2) is 13.9. The first-order valence-electron chi connectivity index (χ1n) is 10.3. The van der Waals surface area contributed by atoms with E-state index in [4.69, 9.17) is 38.5 Å². The van der Waals surface area contributed by atoms with Crippen LogP contribution in [0.4, 0.5) is 0 Å². The lowest BCUT2D eigenvalue weighted by Gasteiger charge is -2.15. The maximum Gasteiger partial charge on any atom is 0.377 e. The molecule has 0 saturated carbocycles. The standard InChI is InChI=1S/C24H28O10/c1-6-7-8-15-20(31-33-23(25)16-11-9-13-18(27-2)21(16)29-4)32-34-24(26)17-12-10-14-19(28-3)22(17)30-5/h9-14H,1,6-8,15H2,2-5H3. The van der Waals surface area contributed by atoms with Crippen molar-refractivity contribution in [2.24, 2.45) is 0 Å². The van der Waals surface area contributed by atoms with Crippen molar-refractivity contribution in [3.05, 3.63) is 60.7 Å². The molecule has 0 fully saturated rings. The van der Waals surface area contributed by atoms with Crippen molar-refractivity contribution in [3.8, 4) is 23.0 Å². The van der Waals surface area contributed by atoms with Gasteiger partial charge in [0.1, 0.15) is 11.1 Å². The Hall–Kier alpha value is -3.50. The molecule has 0 saturated heterocycles. The highest BCUT2D eigenvalue weighted by Gasteiger charge is 2.25. The zero-order chi connectivity index (χ0) is 24.9. The van der Waals surface area contributed by atoms with Gasteiger partial charge in [0.05, 0.1) is 28.4 Å². The Morgan fingerprint density at radius 2 is 1.15 bits per heavy atom. The molecule has 184 valence electrons. The lowest BCUT2D eigenvalue weighted by atomic mass is 10.2. The third-order valence-corrected chi connectivity index (χ3v) is 4.55. The van der Waals surface area contributed by atoms with Crippen molar-refractivity contribution >= 4 is 11.9 Å². The van der Waals surface area contributed by atoms with Gasteiger partial charge >= 0.3 is 18.2 Å².